The molecule has 3 heterocycles. The molecule has 2 aromatic heterocycles. The third kappa shape index (κ3) is 3.66. The fourth-order valence-electron chi connectivity index (χ4n) is 4.57. The molecule has 1 aromatic carbocycles. The molecule has 1 saturated carbocycles. The number of nitriles is 1. The van der Waals surface area contributed by atoms with E-state index in [0.717, 1.165) is 44.8 Å². The standard InChI is InChI=1S/C24H26N6O3/c1-15-27-21-19(13-25)23(28-10-8-26-9-11-28)30(17-6-7-17)22(21)24(32)29(15)14-20(31)16-4-3-5-18(12-16)33-2/h3-5,12,17,26H,6-11,14H2,1-2H3. The van der Waals surface area contributed by atoms with Crippen molar-refractivity contribution in [2.75, 3.05) is 38.2 Å². The SMILES string of the molecule is COc1cccc(C(=O)Cn2c(C)nc3c(C#N)c(N4CCNCC4)n(C4CC4)c3c2=O)c1. The van der Waals surface area contributed by atoms with E-state index in [9.17, 15) is 14.9 Å². The first kappa shape index (κ1) is 21.2. The van der Waals surface area contributed by atoms with Gasteiger partial charge in [-0.25, -0.2) is 4.98 Å². The predicted molar refractivity (Wildman–Crippen MR) is 124 cm³/mol. The van der Waals surface area contributed by atoms with Crippen LogP contribution in [-0.2, 0) is 6.54 Å². The second-order valence-electron chi connectivity index (χ2n) is 8.55. The molecule has 33 heavy (non-hydrogen) atoms. The number of ketones is 1. The monoisotopic (exact) mass is 446 g/mol. The highest BCUT2D eigenvalue weighted by atomic mass is 16.5. The Balaban J connectivity index is 1.65. The molecule has 0 spiro atoms. The van der Waals surface area contributed by atoms with Gasteiger partial charge in [-0.15, -0.1) is 0 Å². The maximum absolute atomic E-state index is 13.7. The summed E-state index contributed by atoms with van der Waals surface area (Å²) in [4.78, 5) is 33.6. The summed E-state index contributed by atoms with van der Waals surface area (Å²) >= 11 is 0. The number of nitrogens with zero attached hydrogens (tertiary/aromatic N) is 5. The first-order valence-electron chi connectivity index (χ1n) is 11.2. The molecule has 0 radical (unpaired) electrons. The molecule has 1 N–H and O–H groups in total. The first-order chi connectivity index (χ1) is 16.0. The van der Waals surface area contributed by atoms with E-state index < -0.39 is 0 Å². The lowest BCUT2D eigenvalue weighted by Crippen LogP contribution is -2.44. The minimum atomic E-state index is -0.279. The van der Waals surface area contributed by atoms with Gasteiger partial charge in [-0.05, 0) is 31.9 Å². The van der Waals surface area contributed by atoms with Crippen molar-refractivity contribution in [2.24, 2.45) is 0 Å². The van der Waals surface area contributed by atoms with Crippen LogP contribution in [0.2, 0.25) is 0 Å². The molecular formula is C24H26N6O3. The number of Topliss-reactive ketones (excluding diaryl/α,β-unsaturated/α-hetero) is 1. The number of rotatable bonds is 6. The number of aryl methyl sites for hydroxylation is 1. The number of anilines is 1. The molecule has 2 fully saturated rings. The third-order valence-corrected chi connectivity index (χ3v) is 6.40. The lowest BCUT2D eigenvalue weighted by atomic mass is 10.1. The van der Waals surface area contributed by atoms with E-state index in [2.05, 4.69) is 21.3 Å². The minimum absolute atomic E-state index is 0.124. The van der Waals surface area contributed by atoms with Crippen molar-refractivity contribution in [3.8, 4) is 11.8 Å². The lowest BCUT2D eigenvalue weighted by Gasteiger charge is -2.30. The van der Waals surface area contributed by atoms with Crippen molar-refractivity contribution in [1.82, 2.24) is 19.4 Å². The fourth-order valence-corrected chi connectivity index (χ4v) is 4.57. The molecule has 1 aliphatic heterocycles. The van der Waals surface area contributed by atoms with E-state index in [1.165, 1.54) is 4.57 Å². The number of aromatic nitrogens is 3. The maximum atomic E-state index is 13.7. The van der Waals surface area contributed by atoms with Crippen LogP contribution in [0.15, 0.2) is 29.1 Å². The van der Waals surface area contributed by atoms with Crippen LogP contribution in [-0.4, -0.2) is 53.2 Å². The predicted octanol–water partition coefficient (Wildman–Crippen LogP) is 2.01. The van der Waals surface area contributed by atoms with E-state index in [4.69, 9.17) is 4.74 Å². The molecule has 0 bridgehead atoms. The van der Waals surface area contributed by atoms with Crippen LogP contribution in [0.5, 0.6) is 5.75 Å². The largest absolute Gasteiger partial charge is 0.497 e. The quantitative estimate of drug-likeness (QED) is 0.578. The van der Waals surface area contributed by atoms with Gasteiger partial charge in [0, 0.05) is 37.8 Å². The number of hydrogen-bond donors (Lipinski definition) is 1. The number of ether oxygens (including phenoxy) is 1. The second kappa shape index (κ2) is 8.37. The van der Waals surface area contributed by atoms with Crippen LogP contribution < -0.4 is 20.5 Å². The van der Waals surface area contributed by atoms with Crippen molar-refractivity contribution in [3.05, 3.63) is 51.6 Å². The molecule has 5 rings (SSSR count). The first-order valence-corrected chi connectivity index (χ1v) is 11.2. The number of carbonyl (C=O) groups is 1. The van der Waals surface area contributed by atoms with E-state index in [1.54, 1.807) is 38.3 Å². The minimum Gasteiger partial charge on any atom is -0.497 e. The smallest absolute Gasteiger partial charge is 0.278 e. The van der Waals surface area contributed by atoms with E-state index in [0.29, 0.717) is 33.7 Å². The summed E-state index contributed by atoms with van der Waals surface area (Å²) in [5.74, 6) is 1.59. The Morgan fingerprint density at radius 3 is 2.73 bits per heavy atom. The van der Waals surface area contributed by atoms with Crippen molar-refractivity contribution < 1.29 is 9.53 Å². The zero-order chi connectivity index (χ0) is 23.1. The van der Waals surface area contributed by atoms with Gasteiger partial charge in [0.25, 0.3) is 5.56 Å². The zero-order valence-electron chi connectivity index (χ0n) is 18.8. The summed E-state index contributed by atoms with van der Waals surface area (Å²) in [7, 11) is 1.55. The van der Waals surface area contributed by atoms with Crippen molar-refractivity contribution in [2.45, 2.75) is 32.4 Å². The maximum Gasteiger partial charge on any atom is 0.278 e. The molecule has 170 valence electrons. The van der Waals surface area contributed by atoms with Crippen LogP contribution in [0.3, 0.4) is 0 Å². The van der Waals surface area contributed by atoms with Crippen LogP contribution >= 0.6 is 0 Å². The molecular weight excluding hydrogens is 420 g/mol. The number of nitrogens with one attached hydrogen (secondary N) is 1. The number of methoxy groups -OCH3 is 1. The van der Waals surface area contributed by atoms with Gasteiger partial charge in [0.05, 0.1) is 13.7 Å². The Morgan fingerprint density at radius 1 is 1.30 bits per heavy atom. The third-order valence-electron chi connectivity index (χ3n) is 6.40. The number of hydrogen-bond acceptors (Lipinski definition) is 7. The molecule has 0 amide bonds. The van der Waals surface area contributed by atoms with Gasteiger partial charge in [-0.2, -0.15) is 5.26 Å². The highest BCUT2D eigenvalue weighted by molar-refractivity contribution is 5.96. The molecule has 0 atom stereocenters. The van der Waals surface area contributed by atoms with Gasteiger partial charge in [0.15, 0.2) is 5.78 Å². The molecule has 1 aliphatic carbocycles. The van der Waals surface area contributed by atoms with Gasteiger partial charge in [-0.3, -0.25) is 14.2 Å². The van der Waals surface area contributed by atoms with Crippen molar-refractivity contribution >= 4 is 22.6 Å². The average Bonchev–Trinajstić information content (AvgIpc) is 3.63. The molecule has 1 saturated heterocycles. The summed E-state index contributed by atoms with van der Waals surface area (Å²) in [6.07, 6.45) is 1.92. The Kier molecular flexibility index (Phi) is 5.38. The van der Waals surface area contributed by atoms with E-state index in [1.807, 2.05) is 4.57 Å². The Labute approximate surface area is 191 Å². The van der Waals surface area contributed by atoms with Crippen LogP contribution in [0.1, 0.15) is 40.6 Å². The Hall–Kier alpha value is -3.64. The number of benzene rings is 1. The van der Waals surface area contributed by atoms with Crippen molar-refractivity contribution in [1.29, 1.82) is 5.26 Å². The van der Waals surface area contributed by atoms with Gasteiger partial charge < -0.3 is 19.5 Å². The normalized spacial score (nSPS) is 16.1. The van der Waals surface area contributed by atoms with Gasteiger partial charge in [-0.1, -0.05) is 12.1 Å². The van der Waals surface area contributed by atoms with E-state index >= 15 is 0 Å². The second-order valence-corrected chi connectivity index (χ2v) is 8.55. The summed E-state index contributed by atoms with van der Waals surface area (Å²) in [5, 5.41) is 13.4. The highest BCUT2D eigenvalue weighted by Crippen LogP contribution is 2.43. The van der Waals surface area contributed by atoms with Crippen LogP contribution in [0, 0.1) is 18.3 Å². The molecule has 2 aliphatic rings. The summed E-state index contributed by atoms with van der Waals surface area (Å²) in [6.45, 7) is 4.76. The van der Waals surface area contributed by atoms with Crippen LogP contribution in [0.4, 0.5) is 5.82 Å². The van der Waals surface area contributed by atoms with Gasteiger partial charge in [0.1, 0.15) is 40.1 Å². The Morgan fingerprint density at radius 2 is 2.06 bits per heavy atom. The summed E-state index contributed by atoms with van der Waals surface area (Å²) in [6, 6.07) is 9.39. The Bertz CT molecular complexity index is 1340. The zero-order valence-corrected chi connectivity index (χ0v) is 18.8. The number of fused-ring (bicyclic) bond motifs is 1. The number of carbonyl (C=O) groups excluding carboxylic acids is 1. The number of piperazine rings is 1. The molecule has 9 heteroatoms. The van der Waals surface area contributed by atoms with Gasteiger partial charge >= 0.3 is 0 Å². The average molecular weight is 447 g/mol. The fraction of sp³-hybridized carbons (Fsp3) is 0.417. The lowest BCUT2D eigenvalue weighted by molar-refractivity contribution is 0.0969. The molecule has 0 unspecified atom stereocenters. The van der Waals surface area contributed by atoms with Crippen molar-refractivity contribution in [3.63, 3.8) is 0 Å². The summed E-state index contributed by atoms with van der Waals surface area (Å²) < 4.78 is 8.66. The molecule has 3 aromatic rings. The topological polar surface area (TPSA) is 105 Å². The highest BCUT2D eigenvalue weighted by Gasteiger charge is 2.35. The molecule has 9 nitrogen and oxygen atoms in total. The van der Waals surface area contributed by atoms with Gasteiger partial charge in [0.2, 0.25) is 0 Å². The van der Waals surface area contributed by atoms with E-state index in [-0.39, 0.29) is 23.9 Å². The summed E-state index contributed by atoms with van der Waals surface area (Å²) in [5.41, 5.74) is 1.50. The van der Waals surface area contributed by atoms with Crippen LogP contribution in [0.25, 0.3) is 11.0 Å².